The molecule has 9 heteroatoms. The van der Waals surface area contributed by atoms with E-state index in [4.69, 9.17) is 11.1 Å². The van der Waals surface area contributed by atoms with Crippen LogP contribution in [-0.2, 0) is 10.1 Å². The van der Waals surface area contributed by atoms with Gasteiger partial charge in [-0.05, 0) is 19.1 Å². The third-order valence-corrected chi connectivity index (χ3v) is 2.43. The van der Waals surface area contributed by atoms with Crippen LogP contribution in [0.1, 0.15) is 5.56 Å². The molecule has 0 aliphatic heterocycles. The molecule has 1 rings (SSSR count). The fraction of sp³-hybridized carbons (Fsp3) is 0.111. The highest BCUT2D eigenvalue weighted by Crippen LogP contribution is 2.08. The Labute approximate surface area is 104 Å². The van der Waals surface area contributed by atoms with E-state index in [1.54, 1.807) is 12.1 Å². The average Bonchev–Trinajstić information content (AvgIpc) is 2.15. The van der Waals surface area contributed by atoms with Crippen LogP contribution in [0.5, 0.6) is 0 Å². The van der Waals surface area contributed by atoms with Gasteiger partial charge in [-0.3, -0.25) is 11.1 Å². The number of primary amides is 1. The van der Waals surface area contributed by atoms with Crippen LogP contribution in [0.3, 0.4) is 0 Å². The number of hydrogen-bond donors (Lipinski definition) is 4. The van der Waals surface area contributed by atoms with E-state index < -0.39 is 16.1 Å². The van der Waals surface area contributed by atoms with E-state index in [2.05, 4.69) is 5.73 Å². The SMILES string of the molecule is Cc1ccc(S(=O)(=O)[O-])cc1.NC(=[NH2+])NC(N)=O. The third kappa shape index (κ3) is 7.19. The summed E-state index contributed by atoms with van der Waals surface area (Å²) in [5.74, 6) is -0.187. The summed E-state index contributed by atoms with van der Waals surface area (Å²) in [4.78, 5) is 9.56. The molecule has 0 heterocycles. The molecule has 7 N–H and O–H groups in total. The number of benzene rings is 1. The summed E-state index contributed by atoms with van der Waals surface area (Å²) in [6, 6.07) is 5.03. The van der Waals surface area contributed by atoms with Gasteiger partial charge in [0.1, 0.15) is 10.1 Å². The van der Waals surface area contributed by atoms with E-state index in [9.17, 15) is 17.8 Å². The summed E-state index contributed by atoms with van der Waals surface area (Å²) in [6.07, 6.45) is 0. The van der Waals surface area contributed by atoms with Gasteiger partial charge in [-0.2, -0.15) is 5.32 Å². The molecule has 0 unspecified atom stereocenters. The molecule has 8 nitrogen and oxygen atoms in total. The molecule has 2 amide bonds. The van der Waals surface area contributed by atoms with E-state index >= 15 is 0 Å². The minimum atomic E-state index is -4.27. The van der Waals surface area contributed by atoms with Crippen LogP contribution in [0.15, 0.2) is 29.2 Å². The predicted molar refractivity (Wildman–Crippen MR) is 63.0 cm³/mol. The summed E-state index contributed by atoms with van der Waals surface area (Å²) in [6.45, 7) is 1.82. The normalized spacial score (nSPS) is 9.89. The zero-order chi connectivity index (χ0) is 14.3. The van der Waals surface area contributed by atoms with Crippen molar-refractivity contribution < 1.29 is 23.2 Å². The largest absolute Gasteiger partial charge is 0.744 e. The second kappa shape index (κ2) is 6.57. The summed E-state index contributed by atoms with van der Waals surface area (Å²) >= 11 is 0. The number of rotatable bonds is 1. The Kier molecular flexibility index (Phi) is 5.79. The molecule has 100 valence electrons. The van der Waals surface area contributed by atoms with Crippen molar-refractivity contribution in [1.29, 1.82) is 0 Å². The van der Waals surface area contributed by atoms with Gasteiger partial charge in [-0.15, -0.1) is 0 Å². The monoisotopic (exact) mass is 274 g/mol. The molecule has 0 bridgehead atoms. The molecule has 1 aromatic rings. The number of amides is 2. The van der Waals surface area contributed by atoms with Gasteiger partial charge >= 0.3 is 12.0 Å². The topological polar surface area (TPSA) is 164 Å². The van der Waals surface area contributed by atoms with Crippen molar-refractivity contribution in [3.05, 3.63) is 29.8 Å². The molecule has 18 heavy (non-hydrogen) atoms. The number of nitrogens with two attached hydrogens (primary N) is 3. The quantitative estimate of drug-likeness (QED) is 0.255. The number of carbonyl (C=O) groups excluding carboxylic acids is 1. The molecule has 0 aliphatic rings. The molecule has 0 spiro atoms. The number of guanidine groups is 1. The van der Waals surface area contributed by atoms with Gasteiger partial charge < -0.3 is 10.3 Å². The van der Waals surface area contributed by atoms with E-state index in [0.29, 0.717) is 0 Å². The van der Waals surface area contributed by atoms with Crippen LogP contribution < -0.4 is 22.2 Å². The standard InChI is InChI=1S/C7H8O3S.C2H6N4O/c1-6-2-4-7(5-3-6)11(8,9)10;3-1(4)6-2(5)7/h2-5H,1H3,(H,8,9,10);(H6,3,4,5,6,7). The van der Waals surface area contributed by atoms with Crippen molar-refractivity contribution in [1.82, 2.24) is 5.32 Å². The van der Waals surface area contributed by atoms with Crippen molar-refractivity contribution >= 4 is 22.1 Å². The summed E-state index contributed by atoms with van der Waals surface area (Å²) < 4.78 is 31.2. The molecule has 0 saturated heterocycles. The Hall–Kier alpha value is -2.13. The van der Waals surface area contributed by atoms with E-state index in [1.807, 2.05) is 12.2 Å². The molecule has 0 aliphatic carbocycles. The Morgan fingerprint density at radius 2 is 1.72 bits per heavy atom. The highest BCUT2D eigenvalue weighted by molar-refractivity contribution is 7.85. The molecular weight excluding hydrogens is 260 g/mol. The molecular formula is C9H14N4O4S. The maximum Gasteiger partial charge on any atom is 0.376 e. The van der Waals surface area contributed by atoms with E-state index in [0.717, 1.165) is 5.56 Å². The highest BCUT2D eigenvalue weighted by Gasteiger charge is 1.98. The Morgan fingerprint density at radius 1 is 1.28 bits per heavy atom. The second-order valence-corrected chi connectivity index (χ2v) is 4.59. The van der Waals surface area contributed by atoms with Gasteiger partial charge in [0, 0.05) is 0 Å². The minimum Gasteiger partial charge on any atom is -0.744 e. The number of hydrogen-bond acceptors (Lipinski definition) is 4. The maximum atomic E-state index is 10.4. The lowest BCUT2D eigenvalue weighted by Gasteiger charge is -2.05. The van der Waals surface area contributed by atoms with Crippen molar-refractivity contribution in [3.8, 4) is 0 Å². The Balaban J connectivity index is 0.000000360. The van der Waals surface area contributed by atoms with Crippen LogP contribution >= 0.6 is 0 Å². The van der Waals surface area contributed by atoms with Crippen LogP contribution in [0, 0.1) is 6.92 Å². The minimum absolute atomic E-state index is 0.178. The molecule has 0 atom stereocenters. The molecule has 1 aromatic carbocycles. The number of nitrogens with one attached hydrogen (secondary N) is 1. The zero-order valence-electron chi connectivity index (χ0n) is 9.58. The van der Waals surface area contributed by atoms with Crippen LogP contribution in [0.4, 0.5) is 4.79 Å². The van der Waals surface area contributed by atoms with Gasteiger partial charge in [-0.25, -0.2) is 13.2 Å². The summed E-state index contributed by atoms with van der Waals surface area (Å²) in [7, 11) is -4.27. The van der Waals surface area contributed by atoms with Crippen molar-refractivity contribution in [3.63, 3.8) is 0 Å². The zero-order valence-corrected chi connectivity index (χ0v) is 10.4. The summed E-state index contributed by atoms with van der Waals surface area (Å²) in [5, 5.41) is 6.69. The lowest BCUT2D eigenvalue weighted by molar-refractivity contribution is -0.118. The Bertz CT molecular complexity index is 512. The first-order valence-electron chi connectivity index (χ1n) is 4.60. The third-order valence-electron chi connectivity index (χ3n) is 1.58. The lowest BCUT2D eigenvalue weighted by Crippen LogP contribution is -2.57. The second-order valence-electron chi connectivity index (χ2n) is 3.21. The van der Waals surface area contributed by atoms with Crippen LogP contribution in [0.2, 0.25) is 0 Å². The highest BCUT2D eigenvalue weighted by atomic mass is 32.2. The molecule has 0 aromatic heterocycles. The van der Waals surface area contributed by atoms with Crippen molar-refractivity contribution in [2.45, 2.75) is 11.8 Å². The fourth-order valence-corrected chi connectivity index (χ4v) is 1.32. The molecule has 0 radical (unpaired) electrons. The average molecular weight is 274 g/mol. The van der Waals surface area contributed by atoms with Crippen LogP contribution in [-0.4, -0.2) is 25.0 Å². The number of aryl methyl sites for hydroxylation is 1. The summed E-state index contributed by atoms with van der Waals surface area (Å²) in [5.41, 5.74) is 10.3. The van der Waals surface area contributed by atoms with E-state index in [1.165, 1.54) is 12.1 Å². The van der Waals surface area contributed by atoms with E-state index in [-0.39, 0.29) is 10.9 Å². The first-order chi connectivity index (χ1) is 8.12. The Morgan fingerprint density at radius 3 is 1.94 bits per heavy atom. The number of urea groups is 1. The fourth-order valence-electron chi connectivity index (χ4n) is 0.847. The van der Waals surface area contributed by atoms with Crippen molar-refractivity contribution in [2.24, 2.45) is 11.5 Å². The van der Waals surface area contributed by atoms with Crippen molar-refractivity contribution in [2.75, 3.05) is 0 Å². The molecule has 0 fully saturated rings. The number of carbonyl (C=O) groups is 1. The van der Waals surface area contributed by atoms with Gasteiger partial charge in [0.15, 0.2) is 0 Å². The van der Waals surface area contributed by atoms with Gasteiger partial charge in [0.2, 0.25) is 0 Å². The molecule has 0 saturated carbocycles. The van der Waals surface area contributed by atoms with Crippen LogP contribution in [0.25, 0.3) is 0 Å². The first-order valence-corrected chi connectivity index (χ1v) is 6.00. The lowest BCUT2D eigenvalue weighted by atomic mass is 10.2. The smallest absolute Gasteiger partial charge is 0.376 e. The van der Waals surface area contributed by atoms with Gasteiger partial charge in [0.05, 0.1) is 4.90 Å². The maximum absolute atomic E-state index is 10.4. The van der Waals surface area contributed by atoms with Gasteiger partial charge in [0.25, 0.3) is 0 Å². The predicted octanol–water partition coefficient (Wildman–Crippen LogP) is -2.37. The first kappa shape index (κ1) is 15.9. The van der Waals surface area contributed by atoms with Gasteiger partial charge in [-0.1, -0.05) is 17.7 Å².